The molecule has 150 valence electrons. The molecule has 0 atom stereocenters. The fourth-order valence-electron chi connectivity index (χ4n) is 3.57. The molecule has 0 radical (unpaired) electrons. The number of morpholine rings is 1. The van der Waals surface area contributed by atoms with Crippen LogP contribution in [0.4, 0.5) is 0 Å². The Labute approximate surface area is 161 Å². The summed E-state index contributed by atoms with van der Waals surface area (Å²) in [5.74, 6) is -0.202. The van der Waals surface area contributed by atoms with E-state index in [1.165, 1.54) is 18.6 Å². The molecule has 2 N–H and O–H groups in total. The van der Waals surface area contributed by atoms with Gasteiger partial charge in [0.2, 0.25) is 10.0 Å². The van der Waals surface area contributed by atoms with Gasteiger partial charge in [-0.2, -0.15) is 0 Å². The van der Waals surface area contributed by atoms with Gasteiger partial charge in [0, 0.05) is 37.8 Å². The largest absolute Gasteiger partial charge is 0.379 e. The van der Waals surface area contributed by atoms with Crippen LogP contribution in [0.25, 0.3) is 0 Å². The second kappa shape index (κ2) is 9.64. The van der Waals surface area contributed by atoms with Crippen molar-refractivity contribution < 1.29 is 17.9 Å². The van der Waals surface area contributed by atoms with Crippen molar-refractivity contribution in [3.63, 3.8) is 0 Å². The van der Waals surface area contributed by atoms with Crippen molar-refractivity contribution in [3.05, 3.63) is 29.8 Å². The summed E-state index contributed by atoms with van der Waals surface area (Å²) in [5.41, 5.74) is 0.386. The molecule has 27 heavy (non-hydrogen) atoms. The number of hydrogen-bond donors (Lipinski definition) is 2. The molecule has 0 unspecified atom stereocenters. The highest BCUT2D eigenvalue weighted by molar-refractivity contribution is 7.89. The summed E-state index contributed by atoms with van der Waals surface area (Å²) >= 11 is 0. The molecule has 0 aromatic heterocycles. The van der Waals surface area contributed by atoms with Gasteiger partial charge >= 0.3 is 0 Å². The van der Waals surface area contributed by atoms with Crippen LogP contribution >= 0.6 is 0 Å². The predicted octanol–water partition coefficient (Wildman–Crippen LogP) is 1.36. The SMILES string of the molecule is O=C(NC1CCCCC1)c1cccc(S(=O)(=O)NCCN2CCOCC2)c1. The van der Waals surface area contributed by atoms with E-state index in [0.29, 0.717) is 31.9 Å². The molecular formula is C19H29N3O4S. The van der Waals surface area contributed by atoms with Crippen LogP contribution < -0.4 is 10.0 Å². The number of carbonyl (C=O) groups excluding carboxylic acids is 1. The third kappa shape index (κ3) is 6.00. The maximum absolute atomic E-state index is 12.6. The van der Waals surface area contributed by atoms with Crippen LogP contribution in [0, 0.1) is 0 Å². The number of benzene rings is 1. The quantitative estimate of drug-likeness (QED) is 0.728. The highest BCUT2D eigenvalue weighted by atomic mass is 32.2. The summed E-state index contributed by atoms with van der Waals surface area (Å²) in [5, 5.41) is 3.03. The summed E-state index contributed by atoms with van der Waals surface area (Å²) in [4.78, 5) is 14.8. The monoisotopic (exact) mass is 395 g/mol. The highest BCUT2D eigenvalue weighted by Crippen LogP contribution is 2.18. The number of sulfonamides is 1. The molecule has 8 heteroatoms. The van der Waals surface area contributed by atoms with Crippen molar-refractivity contribution in [2.24, 2.45) is 0 Å². The van der Waals surface area contributed by atoms with Crippen molar-refractivity contribution in [2.45, 2.75) is 43.0 Å². The van der Waals surface area contributed by atoms with Gasteiger partial charge in [-0.05, 0) is 31.0 Å². The molecule has 1 aromatic rings. The first kappa shape index (κ1) is 20.3. The molecule has 1 aromatic carbocycles. The van der Waals surface area contributed by atoms with Crippen LogP contribution in [0.3, 0.4) is 0 Å². The average molecular weight is 396 g/mol. The summed E-state index contributed by atoms with van der Waals surface area (Å²) in [7, 11) is -3.64. The Morgan fingerprint density at radius 1 is 1.15 bits per heavy atom. The first-order valence-corrected chi connectivity index (χ1v) is 11.2. The molecule has 1 amide bonds. The van der Waals surface area contributed by atoms with Gasteiger partial charge in [0.25, 0.3) is 5.91 Å². The molecule has 2 fully saturated rings. The zero-order valence-corrected chi connectivity index (χ0v) is 16.5. The number of hydrogen-bond acceptors (Lipinski definition) is 5. The lowest BCUT2D eigenvalue weighted by Gasteiger charge is -2.26. The van der Waals surface area contributed by atoms with E-state index in [1.54, 1.807) is 12.1 Å². The smallest absolute Gasteiger partial charge is 0.251 e. The molecule has 0 spiro atoms. The molecule has 3 rings (SSSR count). The zero-order valence-electron chi connectivity index (χ0n) is 15.7. The highest BCUT2D eigenvalue weighted by Gasteiger charge is 2.20. The van der Waals surface area contributed by atoms with Crippen molar-refractivity contribution >= 4 is 15.9 Å². The van der Waals surface area contributed by atoms with Gasteiger partial charge in [-0.3, -0.25) is 9.69 Å². The number of amides is 1. The van der Waals surface area contributed by atoms with E-state index < -0.39 is 10.0 Å². The molecular weight excluding hydrogens is 366 g/mol. The van der Waals surface area contributed by atoms with E-state index in [0.717, 1.165) is 38.8 Å². The normalized spacial score (nSPS) is 19.7. The minimum absolute atomic E-state index is 0.126. The second-order valence-corrected chi connectivity index (χ2v) is 8.95. The standard InChI is InChI=1S/C19H29N3O4S/c23-19(21-17-6-2-1-3-7-17)16-5-4-8-18(15-16)27(24,25)20-9-10-22-11-13-26-14-12-22/h4-5,8,15,17,20H,1-3,6-7,9-14H2,(H,21,23). The van der Waals surface area contributed by atoms with Gasteiger partial charge in [-0.1, -0.05) is 25.3 Å². The fourth-order valence-corrected chi connectivity index (χ4v) is 4.63. The van der Waals surface area contributed by atoms with Crippen LogP contribution in [0.5, 0.6) is 0 Å². The Kier molecular flexibility index (Phi) is 7.23. The Bertz CT molecular complexity index is 726. The fraction of sp³-hybridized carbons (Fsp3) is 0.632. The second-order valence-electron chi connectivity index (χ2n) is 7.19. The first-order chi connectivity index (χ1) is 13.0. The minimum Gasteiger partial charge on any atom is -0.379 e. The molecule has 7 nitrogen and oxygen atoms in total. The Hall–Kier alpha value is -1.48. The Morgan fingerprint density at radius 2 is 1.89 bits per heavy atom. The van der Waals surface area contributed by atoms with Crippen LogP contribution in [0.2, 0.25) is 0 Å². The number of rotatable bonds is 7. The van der Waals surface area contributed by atoms with Gasteiger partial charge in [0.05, 0.1) is 18.1 Å². The molecule has 2 aliphatic rings. The molecule has 1 saturated carbocycles. The van der Waals surface area contributed by atoms with Crippen molar-refractivity contribution in [1.29, 1.82) is 0 Å². The van der Waals surface area contributed by atoms with E-state index in [2.05, 4.69) is 14.9 Å². The predicted molar refractivity (Wildman–Crippen MR) is 103 cm³/mol. The lowest BCUT2D eigenvalue weighted by Crippen LogP contribution is -2.41. The summed E-state index contributed by atoms with van der Waals surface area (Å²) in [6.07, 6.45) is 5.47. The molecule has 1 aliphatic heterocycles. The summed E-state index contributed by atoms with van der Waals surface area (Å²) in [6, 6.07) is 6.44. The van der Waals surface area contributed by atoms with Crippen molar-refractivity contribution in [3.8, 4) is 0 Å². The van der Waals surface area contributed by atoms with Gasteiger partial charge in [0.1, 0.15) is 0 Å². The van der Waals surface area contributed by atoms with Crippen LogP contribution in [0.1, 0.15) is 42.5 Å². The van der Waals surface area contributed by atoms with E-state index in [9.17, 15) is 13.2 Å². The number of nitrogens with one attached hydrogen (secondary N) is 2. The Morgan fingerprint density at radius 3 is 2.63 bits per heavy atom. The minimum atomic E-state index is -3.64. The first-order valence-electron chi connectivity index (χ1n) is 9.75. The summed E-state index contributed by atoms with van der Waals surface area (Å²) in [6.45, 7) is 3.98. The van der Waals surface area contributed by atoms with Crippen LogP contribution in [-0.2, 0) is 14.8 Å². The average Bonchev–Trinajstić information content (AvgIpc) is 2.69. The van der Waals surface area contributed by atoms with E-state index in [1.807, 2.05) is 0 Å². The van der Waals surface area contributed by atoms with Crippen LogP contribution in [-0.4, -0.2) is 64.7 Å². The Balaban J connectivity index is 1.56. The zero-order chi connectivity index (χ0) is 19.1. The lowest BCUT2D eigenvalue weighted by molar-refractivity contribution is 0.0390. The van der Waals surface area contributed by atoms with Crippen molar-refractivity contribution in [1.82, 2.24) is 14.9 Å². The topological polar surface area (TPSA) is 87.7 Å². The van der Waals surface area contributed by atoms with E-state index in [4.69, 9.17) is 4.74 Å². The van der Waals surface area contributed by atoms with Gasteiger partial charge in [-0.15, -0.1) is 0 Å². The van der Waals surface area contributed by atoms with E-state index in [-0.39, 0.29) is 16.8 Å². The van der Waals surface area contributed by atoms with Gasteiger partial charge in [-0.25, -0.2) is 13.1 Å². The lowest BCUT2D eigenvalue weighted by atomic mass is 9.95. The number of carbonyl (C=O) groups is 1. The van der Waals surface area contributed by atoms with E-state index >= 15 is 0 Å². The van der Waals surface area contributed by atoms with Gasteiger partial charge in [0.15, 0.2) is 0 Å². The van der Waals surface area contributed by atoms with Crippen molar-refractivity contribution in [2.75, 3.05) is 39.4 Å². The summed E-state index contributed by atoms with van der Waals surface area (Å²) < 4.78 is 33.0. The van der Waals surface area contributed by atoms with Crippen LogP contribution in [0.15, 0.2) is 29.2 Å². The molecule has 1 saturated heterocycles. The maximum Gasteiger partial charge on any atom is 0.251 e. The molecule has 1 aliphatic carbocycles. The third-order valence-electron chi connectivity index (χ3n) is 5.17. The van der Waals surface area contributed by atoms with Gasteiger partial charge < -0.3 is 10.1 Å². The maximum atomic E-state index is 12.6. The number of ether oxygens (including phenoxy) is 1. The molecule has 0 bridgehead atoms. The third-order valence-corrected chi connectivity index (χ3v) is 6.63. The molecule has 1 heterocycles. The number of nitrogens with zero attached hydrogens (tertiary/aromatic N) is 1.